The van der Waals surface area contributed by atoms with Gasteiger partial charge in [-0.15, -0.1) is 0 Å². The highest BCUT2D eigenvalue weighted by Gasteiger charge is 2.20. The zero-order valence-corrected chi connectivity index (χ0v) is 18.3. The fraction of sp³-hybridized carbons (Fsp3) is 0.318. The molecule has 0 bridgehead atoms. The second-order valence-electron chi connectivity index (χ2n) is 7.01. The minimum Gasteiger partial charge on any atom is -0.379 e. The Hall–Kier alpha value is -2.85. The second-order valence-corrected chi connectivity index (χ2v) is 7.79. The Labute approximate surface area is 186 Å². The van der Waals surface area contributed by atoms with Crippen molar-refractivity contribution in [2.45, 2.75) is 6.92 Å². The summed E-state index contributed by atoms with van der Waals surface area (Å²) < 4.78 is 5.40. The number of hydrogen-bond acceptors (Lipinski definition) is 8. The molecule has 9 heteroatoms. The van der Waals surface area contributed by atoms with Crippen LogP contribution in [0.2, 0.25) is 0 Å². The molecule has 2 aromatic heterocycles. The third-order valence-electron chi connectivity index (χ3n) is 5.00. The van der Waals surface area contributed by atoms with Crippen molar-refractivity contribution < 1.29 is 9.53 Å². The monoisotopic (exact) mass is 438 g/mol. The number of rotatable bonds is 8. The molecule has 0 unspecified atom stereocenters. The number of nitrogens with one attached hydrogen (secondary N) is 1. The number of ether oxygens (including phenoxy) is 1. The average molecular weight is 439 g/mol. The lowest BCUT2D eigenvalue weighted by Gasteiger charge is -2.36. The first-order valence-electron chi connectivity index (χ1n) is 10.3. The maximum absolute atomic E-state index is 12.6. The van der Waals surface area contributed by atoms with E-state index in [1.54, 1.807) is 29.8 Å². The first kappa shape index (κ1) is 21.4. The molecule has 0 saturated carbocycles. The van der Waals surface area contributed by atoms with Gasteiger partial charge in [0, 0.05) is 48.8 Å². The zero-order valence-electron chi connectivity index (χ0n) is 17.5. The Balaban J connectivity index is 1.44. The number of amides is 1. The highest BCUT2D eigenvalue weighted by molar-refractivity contribution is 7.08. The summed E-state index contributed by atoms with van der Waals surface area (Å²) in [4.78, 5) is 23.4. The van der Waals surface area contributed by atoms with Crippen molar-refractivity contribution in [3.8, 4) is 0 Å². The molecular weight excluding hydrogens is 412 g/mol. The van der Waals surface area contributed by atoms with E-state index in [1.165, 1.54) is 0 Å². The van der Waals surface area contributed by atoms with Crippen molar-refractivity contribution in [3.63, 3.8) is 0 Å². The van der Waals surface area contributed by atoms with Gasteiger partial charge in [-0.1, -0.05) is 6.92 Å². The van der Waals surface area contributed by atoms with E-state index >= 15 is 0 Å². The first-order chi connectivity index (χ1) is 15.2. The Morgan fingerprint density at radius 3 is 2.52 bits per heavy atom. The largest absolute Gasteiger partial charge is 0.379 e. The predicted octanol–water partition coefficient (Wildman–Crippen LogP) is 3.52. The lowest BCUT2D eigenvalue weighted by Crippen LogP contribution is -2.51. The van der Waals surface area contributed by atoms with Crippen molar-refractivity contribution in [1.82, 2.24) is 20.0 Å². The summed E-state index contributed by atoms with van der Waals surface area (Å²) in [5.41, 5.74) is 2.68. The summed E-state index contributed by atoms with van der Waals surface area (Å²) >= 11 is 1.62. The van der Waals surface area contributed by atoms with Gasteiger partial charge in [0.2, 0.25) is 11.9 Å². The van der Waals surface area contributed by atoms with Gasteiger partial charge >= 0.3 is 0 Å². The highest BCUT2D eigenvalue weighted by Crippen LogP contribution is 2.33. The van der Waals surface area contributed by atoms with Gasteiger partial charge in [0.15, 0.2) is 0 Å². The third-order valence-corrected chi connectivity index (χ3v) is 5.68. The Kier molecular flexibility index (Phi) is 7.21. The number of benzene rings is 1. The van der Waals surface area contributed by atoms with E-state index in [-0.39, 0.29) is 5.91 Å². The molecule has 8 nitrogen and oxygen atoms in total. The summed E-state index contributed by atoms with van der Waals surface area (Å²) in [7, 11) is 0. The van der Waals surface area contributed by atoms with Crippen LogP contribution < -0.4 is 10.2 Å². The molecule has 0 atom stereocenters. The summed E-state index contributed by atoms with van der Waals surface area (Å²) in [5, 5.41) is 11.3. The highest BCUT2D eigenvalue weighted by atomic mass is 32.1. The van der Waals surface area contributed by atoms with Crippen molar-refractivity contribution in [2.24, 2.45) is 0 Å². The van der Waals surface area contributed by atoms with Gasteiger partial charge in [-0.25, -0.2) is 20.0 Å². The van der Waals surface area contributed by atoms with E-state index in [0.29, 0.717) is 25.7 Å². The quantitative estimate of drug-likeness (QED) is 0.577. The topological polar surface area (TPSA) is 73.8 Å². The van der Waals surface area contributed by atoms with Gasteiger partial charge in [-0.2, -0.15) is 11.3 Å². The molecule has 1 fully saturated rings. The van der Waals surface area contributed by atoms with Crippen molar-refractivity contribution in [3.05, 3.63) is 59.6 Å². The second kappa shape index (κ2) is 10.5. The molecule has 31 heavy (non-hydrogen) atoms. The zero-order chi connectivity index (χ0) is 21.5. The van der Waals surface area contributed by atoms with E-state index < -0.39 is 0 Å². The number of thiophene rings is 1. The fourth-order valence-electron chi connectivity index (χ4n) is 3.48. The van der Waals surface area contributed by atoms with Gasteiger partial charge in [-0.05, 0) is 41.8 Å². The van der Waals surface area contributed by atoms with Crippen LogP contribution in [0, 0.1) is 0 Å². The smallest absolute Gasteiger partial charge is 0.240 e. The lowest BCUT2D eigenvalue weighted by molar-refractivity contribution is -0.128. The summed E-state index contributed by atoms with van der Waals surface area (Å²) in [6.45, 7) is 6.18. The molecule has 1 amide bonds. The van der Waals surface area contributed by atoms with E-state index in [9.17, 15) is 4.79 Å². The number of carbonyl (C=O) groups excluding carboxylic acids is 1. The molecule has 3 aromatic rings. The average Bonchev–Trinajstić information content (AvgIpc) is 3.34. The molecule has 0 radical (unpaired) electrons. The van der Waals surface area contributed by atoms with Gasteiger partial charge in [-0.3, -0.25) is 9.69 Å². The molecule has 0 spiro atoms. The molecule has 162 valence electrons. The molecule has 1 N–H and O–H groups in total. The third kappa shape index (κ3) is 5.45. The van der Waals surface area contributed by atoms with E-state index in [4.69, 9.17) is 4.74 Å². The first-order valence-corrected chi connectivity index (χ1v) is 11.3. The number of aromatic nitrogens is 2. The van der Waals surface area contributed by atoms with Crippen molar-refractivity contribution in [2.75, 3.05) is 49.6 Å². The molecule has 4 rings (SSSR count). The summed E-state index contributed by atoms with van der Waals surface area (Å²) in [6, 6.07) is 11.6. The maximum atomic E-state index is 12.6. The summed E-state index contributed by atoms with van der Waals surface area (Å²) in [6.07, 6.45) is 3.45. The molecule has 1 aliphatic heterocycles. The van der Waals surface area contributed by atoms with Crippen molar-refractivity contribution >= 4 is 40.3 Å². The van der Waals surface area contributed by atoms with Gasteiger partial charge in [0.1, 0.15) is 0 Å². The minimum absolute atomic E-state index is 0.0397. The molecule has 1 aromatic carbocycles. The Morgan fingerprint density at radius 1 is 1.13 bits per heavy atom. The number of hydrogen-bond donors (Lipinski definition) is 1. The van der Waals surface area contributed by atoms with Gasteiger partial charge in [0.25, 0.3) is 0 Å². The van der Waals surface area contributed by atoms with Crippen LogP contribution in [-0.2, 0) is 9.53 Å². The number of nitrogens with zero attached hydrogens (tertiary/aromatic N) is 5. The SMILES string of the molecule is CCN(CC(=O)Nc1ccc(N(c2ccsc2)c2ncccn2)cc1)N1CCOCC1. The Bertz CT molecular complexity index is 946. The maximum Gasteiger partial charge on any atom is 0.240 e. The lowest BCUT2D eigenvalue weighted by atomic mass is 10.2. The molecule has 1 saturated heterocycles. The van der Waals surface area contributed by atoms with Crippen LogP contribution in [0.3, 0.4) is 0 Å². The standard InChI is InChI=1S/C22H26N6O2S/c1-2-26(27-11-13-30-14-12-27)16-21(29)25-18-4-6-19(7-5-18)28(20-8-15-31-17-20)22-23-9-3-10-24-22/h3-10,15,17H,2,11-14,16H2,1H3,(H,25,29). The van der Waals surface area contributed by atoms with E-state index in [2.05, 4.69) is 37.6 Å². The van der Waals surface area contributed by atoms with Crippen molar-refractivity contribution in [1.29, 1.82) is 0 Å². The van der Waals surface area contributed by atoms with Gasteiger partial charge in [0.05, 0.1) is 25.4 Å². The molecule has 3 heterocycles. The van der Waals surface area contributed by atoms with Crippen LogP contribution in [0.5, 0.6) is 0 Å². The van der Waals surface area contributed by atoms with Crippen LogP contribution in [0.25, 0.3) is 0 Å². The number of carbonyl (C=O) groups is 1. The minimum atomic E-state index is -0.0397. The van der Waals surface area contributed by atoms with Crippen LogP contribution in [0.15, 0.2) is 59.6 Å². The van der Waals surface area contributed by atoms with Crippen LogP contribution in [0.4, 0.5) is 23.0 Å². The number of hydrazine groups is 1. The van der Waals surface area contributed by atoms with Crippen LogP contribution >= 0.6 is 11.3 Å². The molecule has 0 aliphatic carbocycles. The molecular formula is C22H26N6O2S. The van der Waals surface area contributed by atoms with E-state index in [1.807, 2.05) is 40.6 Å². The van der Waals surface area contributed by atoms with Crippen LogP contribution in [0.1, 0.15) is 6.92 Å². The van der Waals surface area contributed by atoms with Gasteiger partial charge < -0.3 is 10.1 Å². The number of anilines is 4. The predicted molar refractivity (Wildman–Crippen MR) is 123 cm³/mol. The Morgan fingerprint density at radius 2 is 1.87 bits per heavy atom. The van der Waals surface area contributed by atoms with Crippen LogP contribution in [-0.4, -0.2) is 65.3 Å². The van der Waals surface area contributed by atoms with E-state index in [0.717, 1.165) is 36.7 Å². The fourth-order valence-corrected chi connectivity index (χ4v) is 4.10. The molecule has 1 aliphatic rings. The number of morpholine rings is 1. The summed E-state index contributed by atoms with van der Waals surface area (Å²) in [5.74, 6) is 0.559. The normalized spacial score (nSPS) is 14.5. The number of likely N-dealkylation sites (N-methyl/N-ethyl adjacent to an activating group) is 1.